The number of carbonyl (C=O) groups excluding carboxylic acids is 1. The lowest BCUT2D eigenvalue weighted by Crippen LogP contribution is -2.06. The summed E-state index contributed by atoms with van der Waals surface area (Å²) in [5.41, 5.74) is 0.359. The van der Waals surface area contributed by atoms with Gasteiger partial charge in [0.25, 0.3) is 0 Å². The van der Waals surface area contributed by atoms with Crippen molar-refractivity contribution in [3.05, 3.63) is 21.1 Å². The van der Waals surface area contributed by atoms with Crippen molar-refractivity contribution < 1.29 is 9.53 Å². The van der Waals surface area contributed by atoms with E-state index in [4.69, 9.17) is 16.3 Å². The summed E-state index contributed by atoms with van der Waals surface area (Å²) in [6.45, 7) is 3.94. The molecule has 90 valence electrons. The van der Waals surface area contributed by atoms with Gasteiger partial charge in [-0.2, -0.15) is 0 Å². The first-order chi connectivity index (χ1) is 8.11. The number of halogens is 1. The lowest BCUT2D eigenvalue weighted by atomic mass is 10.4. The minimum absolute atomic E-state index is 0.341. The van der Waals surface area contributed by atoms with Crippen molar-refractivity contribution in [1.82, 2.24) is 9.97 Å². The van der Waals surface area contributed by atoms with Crippen LogP contribution in [0.5, 0.6) is 0 Å². The van der Waals surface area contributed by atoms with Gasteiger partial charge < -0.3 is 4.74 Å². The van der Waals surface area contributed by atoms with Gasteiger partial charge in [-0.25, -0.2) is 14.8 Å². The van der Waals surface area contributed by atoms with Gasteiger partial charge >= 0.3 is 5.97 Å². The second-order valence-electron chi connectivity index (χ2n) is 3.11. The molecule has 2 aromatic rings. The fourth-order valence-corrected chi connectivity index (χ4v) is 3.07. The van der Waals surface area contributed by atoms with E-state index in [9.17, 15) is 4.79 Å². The van der Waals surface area contributed by atoms with Gasteiger partial charge in [-0.3, -0.25) is 0 Å². The van der Waals surface area contributed by atoms with Crippen LogP contribution < -0.4 is 0 Å². The van der Waals surface area contributed by atoms with E-state index in [2.05, 4.69) is 9.97 Å². The monoisotopic (exact) mass is 288 g/mol. The largest absolute Gasteiger partial charge is 0.461 e. The maximum Gasteiger partial charge on any atom is 0.358 e. The molecule has 0 atom stereocenters. The van der Waals surface area contributed by atoms with Crippen LogP contribution in [0.15, 0.2) is 6.20 Å². The molecule has 2 rings (SSSR count). The standard InChI is InChI=1S/C10H9ClN2O2S2/c1-3-15-10(14)7-5(2)16-9(13-7)8-12-4-6(11)17-8/h4H,3H2,1-2H3. The van der Waals surface area contributed by atoms with Crippen molar-refractivity contribution in [3.63, 3.8) is 0 Å². The van der Waals surface area contributed by atoms with Crippen LogP contribution in [0.4, 0.5) is 0 Å². The molecule has 0 aliphatic heterocycles. The number of thiazole rings is 2. The Balaban J connectivity index is 2.33. The molecule has 7 heteroatoms. The number of ether oxygens (including phenoxy) is 1. The number of nitrogens with zero attached hydrogens (tertiary/aromatic N) is 2. The zero-order valence-corrected chi connectivity index (χ0v) is 11.6. The molecule has 0 saturated heterocycles. The number of hydrogen-bond acceptors (Lipinski definition) is 6. The Kier molecular flexibility index (Phi) is 3.76. The average molecular weight is 289 g/mol. The van der Waals surface area contributed by atoms with Crippen LogP contribution in [0.1, 0.15) is 22.3 Å². The Hall–Kier alpha value is -0.980. The normalized spacial score (nSPS) is 10.5. The van der Waals surface area contributed by atoms with Crippen LogP contribution in [-0.2, 0) is 4.74 Å². The number of aryl methyl sites for hydroxylation is 1. The smallest absolute Gasteiger partial charge is 0.358 e. The zero-order chi connectivity index (χ0) is 12.4. The molecule has 0 N–H and O–H groups in total. The summed E-state index contributed by atoms with van der Waals surface area (Å²) in [7, 11) is 0. The predicted molar refractivity (Wildman–Crippen MR) is 68.9 cm³/mol. The predicted octanol–water partition coefficient (Wildman–Crippen LogP) is 3.41. The first-order valence-corrected chi connectivity index (χ1v) is 6.89. The Bertz CT molecular complexity index is 550. The molecule has 0 saturated carbocycles. The van der Waals surface area contributed by atoms with Gasteiger partial charge in [0, 0.05) is 4.88 Å². The number of hydrogen-bond donors (Lipinski definition) is 0. The lowest BCUT2D eigenvalue weighted by molar-refractivity contribution is 0.0519. The van der Waals surface area contributed by atoms with Crippen molar-refractivity contribution in [2.45, 2.75) is 13.8 Å². The Morgan fingerprint density at radius 2 is 2.24 bits per heavy atom. The van der Waals surface area contributed by atoms with Crippen LogP contribution >= 0.6 is 34.3 Å². The Morgan fingerprint density at radius 3 is 2.82 bits per heavy atom. The summed E-state index contributed by atoms with van der Waals surface area (Å²) in [4.78, 5) is 20.8. The molecule has 0 aromatic carbocycles. The van der Waals surface area contributed by atoms with Gasteiger partial charge in [-0.1, -0.05) is 22.9 Å². The minimum Gasteiger partial charge on any atom is -0.461 e. The van der Waals surface area contributed by atoms with Crippen molar-refractivity contribution in [3.8, 4) is 10.0 Å². The van der Waals surface area contributed by atoms with Crippen molar-refractivity contribution in [2.24, 2.45) is 0 Å². The molecular formula is C10H9ClN2O2S2. The maximum atomic E-state index is 11.6. The number of carbonyl (C=O) groups is 1. The van der Waals surface area contributed by atoms with Crippen LogP contribution in [0, 0.1) is 6.92 Å². The SMILES string of the molecule is CCOC(=O)c1nc(-c2ncc(Cl)s2)sc1C. The second kappa shape index (κ2) is 5.12. The van der Waals surface area contributed by atoms with Crippen LogP contribution in [0.25, 0.3) is 10.0 Å². The van der Waals surface area contributed by atoms with E-state index < -0.39 is 5.97 Å². The first kappa shape index (κ1) is 12.5. The maximum absolute atomic E-state index is 11.6. The highest BCUT2D eigenvalue weighted by molar-refractivity contribution is 7.23. The second-order valence-corrected chi connectivity index (χ2v) is 5.98. The fourth-order valence-electron chi connectivity index (χ4n) is 1.23. The molecule has 0 fully saturated rings. The summed E-state index contributed by atoms with van der Waals surface area (Å²) >= 11 is 8.56. The highest BCUT2D eigenvalue weighted by Gasteiger charge is 2.18. The van der Waals surface area contributed by atoms with Crippen molar-refractivity contribution in [1.29, 1.82) is 0 Å². The van der Waals surface area contributed by atoms with Crippen LogP contribution in [0.2, 0.25) is 4.34 Å². The van der Waals surface area contributed by atoms with E-state index in [0.29, 0.717) is 21.6 Å². The summed E-state index contributed by atoms with van der Waals surface area (Å²) in [6.07, 6.45) is 1.57. The third-order valence-corrected chi connectivity index (χ3v) is 4.15. The summed E-state index contributed by atoms with van der Waals surface area (Å²) in [5.74, 6) is -0.393. The van der Waals surface area contributed by atoms with Gasteiger partial charge in [0.2, 0.25) is 0 Å². The van der Waals surface area contributed by atoms with E-state index >= 15 is 0 Å². The van der Waals surface area contributed by atoms with E-state index in [1.807, 2.05) is 6.92 Å². The van der Waals surface area contributed by atoms with E-state index in [-0.39, 0.29) is 0 Å². The molecule has 0 radical (unpaired) electrons. The van der Waals surface area contributed by atoms with E-state index in [1.165, 1.54) is 22.7 Å². The summed E-state index contributed by atoms with van der Waals surface area (Å²) in [5, 5.41) is 1.42. The number of rotatable bonds is 3. The molecule has 0 amide bonds. The van der Waals surface area contributed by atoms with Crippen molar-refractivity contribution >= 4 is 40.2 Å². The molecule has 0 spiro atoms. The Labute approximate surface area is 111 Å². The molecule has 4 nitrogen and oxygen atoms in total. The molecule has 17 heavy (non-hydrogen) atoms. The van der Waals surface area contributed by atoms with Gasteiger partial charge in [-0.05, 0) is 13.8 Å². The third-order valence-electron chi connectivity index (χ3n) is 1.93. The number of esters is 1. The molecule has 0 bridgehead atoms. The minimum atomic E-state index is -0.393. The molecule has 0 unspecified atom stereocenters. The lowest BCUT2D eigenvalue weighted by Gasteiger charge is -1.97. The molecule has 0 aliphatic carbocycles. The van der Waals surface area contributed by atoms with Gasteiger partial charge in [-0.15, -0.1) is 11.3 Å². The number of aromatic nitrogens is 2. The van der Waals surface area contributed by atoms with Crippen LogP contribution in [-0.4, -0.2) is 22.5 Å². The molecule has 2 heterocycles. The van der Waals surface area contributed by atoms with Gasteiger partial charge in [0.05, 0.1) is 12.8 Å². The molecule has 0 aliphatic rings. The Morgan fingerprint density at radius 1 is 1.47 bits per heavy atom. The highest BCUT2D eigenvalue weighted by Crippen LogP contribution is 2.32. The fraction of sp³-hybridized carbons (Fsp3) is 0.300. The quantitative estimate of drug-likeness (QED) is 0.812. The van der Waals surface area contributed by atoms with Gasteiger partial charge in [0.1, 0.15) is 4.34 Å². The van der Waals surface area contributed by atoms with E-state index in [1.54, 1.807) is 13.1 Å². The first-order valence-electron chi connectivity index (χ1n) is 4.88. The molecule has 2 aromatic heterocycles. The van der Waals surface area contributed by atoms with Crippen LogP contribution in [0.3, 0.4) is 0 Å². The molecular weight excluding hydrogens is 280 g/mol. The van der Waals surface area contributed by atoms with E-state index in [0.717, 1.165) is 9.88 Å². The zero-order valence-electron chi connectivity index (χ0n) is 9.19. The summed E-state index contributed by atoms with van der Waals surface area (Å²) < 4.78 is 5.53. The topological polar surface area (TPSA) is 52.1 Å². The van der Waals surface area contributed by atoms with Gasteiger partial charge in [0.15, 0.2) is 15.7 Å². The highest BCUT2D eigenvalue weighted by atomic mass is 35.5. The summed E-state index contributed by atoms with van der Waals surface area (Å²) in [6, 6.07) is 0. The average Bonchev–Trinajstić information content (AvgIpc) is 2.85. The van der Waals surface area contributed by atoms with Crippen molar-refractivity contribution in [2.75, 3.05) is 6.61 Å². The third kappa shape index (κ3) is 2.65.